The van der Waals surface area contributed by atoms with Crippen molar-refractivity contribution in [3.63, 3.8) is 0 Å². The van der Waals surface area contributed by atoms with Gasteiger partial charge in [-0.2, -0.15) is 0 Å². The minimum atomic E-state index is -0.778. The standard InChI is InChI=1S/C33H45N3O5/c1-32(2,3)26(30(37)38)19-13-14-20-27(35-31(39)41-33(4,5)6)29-34-21-28(25-17-11-8-12-18-25)36(29)23-40-22-24-15-9-7-10-16-24/h7-12,15-18,21,26-27H,13-14,19-20,22-23H2,1-6H3,(H,35,39)(H,37,38)/t26?,27-/m0/s1. The summed E-state index contributed by atoms with van der Waals surface area (Å²) in [4.78, 5) is 29.5. The summed E-state index contributed by atoms with van der Waals surface area (Å²) in [5, 5.41) is 12.8. The third kappa shape index (κ3) is 10.0. The molecular weight excluding hydrogens is 518 g/mol. The highest BCUT2D eigenvalue weighted by Crippen LogP contribution is 2.32. The molecule has 0 aliphatic rings. The fourth-order valence-corrected chi connectivity index (χ4v) is 4.81. The Morgan fingerprint density at radius 2 is 1.54 bits per heavy atom. The molecule has 0 fully saturated rings. The van der Waals surface area contributed by atoms with Gasteiger partial charge in [0.2, 0.25) is 0 Å². The second kappa shape index (κ2) is 14.3. The normalized spacial score (nSPS) is 13.4. The highest BCUT2D eigenvalue weighted by atomic mass is 16.6. The summed E-state index contributed by atoms with van der Waals surface area (Å²) in [6.07, 6.45) is 3.82. The topological polar surface area (TPSA) is 103 Å². The Morgan fingerprint density at radius 1 is 0.927 bits per heavy atom. The van der Waals surface area contributed by atoms with Crippen molar-refractivity contribution in [3.8, 4) is 11.3 Å². The molecule has 3 rings (SSSR count). The van der Waals surface area contributed by atoms with Crippen LogP contribution in [0.3, 0.4) is 0 Å². The van der Waals surface area contributed by atoms with Crippen molar-refractivity contribution in [2.45, 2.75) is 92.2 Å². The number of benzene rings is 2. The number of ether oxygens (including phenoxy) is 2. The Morgan fingerprint density at radius 3 is 2.12 bits per heavy atom. The number of unbranched alkanes of at least 4 members (excludes halogenated alkanes) is 1. The Balaban J connectivity index is 1.86. The lowest BCUT2D eigenvalue weighted by Gasteiger charge is -2.27. The van der Waals surface area contributed by atoms with E-state index in [-0.39, 0.29) is 12.1 Å². The molecule has 8 nitrogen and oxygen atoms in total. The molecule has 0 bridgehead atoms. The Bertz CT molecular complexity index is 1240. The molecule has 1 aromatic heterocycles. The van der Waals surface area contributed by atoms with Crippen LogP contribution in [-0.2, 0) is 27.6 Å². The number of carboxylic acid groups (broad SMARTS) is 1. The molecular formula is C33H45N3O5. The van der Waals surface area contributed by atoms with Crippen LogP contribution >= 0.6 is 0 Å². The van der Waals surface area contributed by atoms with Gasteiger partial charge in [-0.1, -0.05) is 94.3 Å². The molecule has 222 valence electrons. The number of alkyl carbamates (subject to hydrolysis) is 1. The minimum absolute atomic E-state index is 0.242. The number of carboxylic acids is 1. The molecule has 0 spiro atoms. The molecule has 1 unspecified atom stereocenters. The van der Waals surface area contributed by atoms with E-state index in [1.54, 1.807) is 6.20 Å². The van der Waals surface area contributed by atoms with E-state index in [0.717, 1.165) is 16.8 Å². The summed E-state index contributed by atoms with van der Waals surface area (Å²) < 4.78 is 13.7. The third-order valence-electron chi connectivity index (χ3n) is 6.87. The monoisotopic (exact) mass is 563 g/mol. The van der Waals surface area contributed by atoms with Crippen molar-refractivity contribution in [1.29, 1.82) is 0 Å². The first kappa shape index (κ1) is 31.9. The Hall–Kier alpha value is -3.65. The van der Waals surface area contributed by atoms with Crippen molar-refractivity contribution in [1.82, 2.24) is 14.9 Å². The maximum absolute atomic E-state index is 12.9. The SMILES string of the molecule is CC(C)(C)OC(=O)N[C@@H](CCCCC(C(=O)O)C(C)(C)C)c1ncc(-c2ccccc2)n1COCc1ccccc1. The molecule has 0 saturated heterocycles. The summed E-state index contributed by atoms with van der Waals surface area (Å²) in [5.41, 5.74) is 1.94. The molecule has 41 heavy (non-hydrogen) atoms. The van der Waals surface area contributed by atoms with Gasteiger partial charge in [-0.25, -0.2) is 9.78 Å². The van der Waals surface area contributed by atoms with Crippen LogP contribution in [-0.4, -0.2) is 32.3 Å². The molecule has 2 atom stereocenters. The van der Waals surface area contributed by atoms with E-state index in [9.17, 15) is 14.7 Å². The fraction of sp³-hybridized carbons (Fsp3) is 0.485. The molecule has 0 saturated carbocycles. The third-order valence-corrected chi connectivity index (χ3v) is 6.87. The number of hydrogen-bond acceptors (Lipinski definition) is 5. The van der Waals surface area contributed by atoms with E-state index in [2.05, 4.69) is 5.32 Å². The average molecular weight is 564 g/mol. The molecule has 2 N–H and O–H groups in total. The van der Waals surface area contributed by atoms with E-state index >= 15 is 0 Å². The molecule has 8 heteroatoms. The number of nitrogens with one attached hydrogen (secondary N) is 1. The van der Waals surface area contributed by atoms with Crippen molar-refractivity contribution in [2.75, 3.05) is 0 Å². The molecule has 1 amide bonds. The number of carbonyl (C=O) groups is 2. The number of rotatable bonds is 13. The smallest absolute Gasteiger partial charge is 0.408 e. The highest BCUT2D eigenvalue weighted by molar-refractivity contribution is 5.71. The largest absolute Gasteiger partial charge is 0.481 e. The summed E-state index contributed by atoms with van der Waals surface area (Å²) in [5.74, 6) is -0.564. The molecule has 0 aliphatic heterocycles. The molecule has 0 aliphatic carbocycles. The Kier molecular flexibility index (Phi) is 11.1. The fourth-order valence-electron chi connectivity index (χ4n) is 4.81. The average Bonchev–Trinajstić information content (AvgIpc) is 3.30. The van der Waals surface area contributed by atoms with Crippen LogP contribution in [0, 0.1) is 11.3 Å². The number of imidazole rings is 1. The zero-order valence-electron chi connectivity index (χ0n) is 25.2. The number of hydrogen-bond donors (Lipinski definition) is 2. The van der Waals surface area contributed by atoms with E-state index in [1.165, 1.54) is 0 Å². The van der Waals surface area contributed by atoms with E-state index in [1.807, 2.05) is 107 Å². The van der Waals surface area contributed by atoms with E-state index < -0.39 is 29.6 Å². The first-order valence-electron chi connectivity index (χ1n) is 14.3. The van der Waals surface area contributed by atoms with Crippen molar-refractivity contribution in [3.05, 3.63) is 78.2 Å². The van der Waals surface area contributed by atoms with Gasteiger partial charge in [0.25, 0.3) is 0 Å². The van der Waals surface area contributed by atoms with Gasteiger partial charge in [-0.05, 0) is 50.2 Å². The Labute approximate surface area is 244 Å². The van der Waals surface area contributed by atoms with Crippen LogP contribution in [0.4, 0.5) is 4.79 Å². The zero-order chi connectivity index (χ0) is 30.0. The maximum Gasteiger partial charge on any atom is 0.408 e. The minimum Gasteiger partial charge on any atom is -0.481 e. The van der Waals surface area contributed by atoms with Crippen molar-refractivity contribution in [2.24, 2.45) is 11.3 Å². The summed E-state index contributed by atoms with van der Waals surface area (Å²) in [7, 11) is 0. The van der Waals surface area contributed by atoms with Gasteiger partial charge in [0.05, 0.1) is 30.5 Å². The first-order valence-corrected chi connectivity index (χ1v) is 14.3. The van der Waals surface area contributed by atoms with Gasteiger partial charge in [0.1, 0.15) is 18.2 Å². The lowest BCUT2D eigenvalue weighted by molar-refractivity contribution is -0.145. The second-order valence-corrected chi connectivity index (χ2v) is 12.5. The van der Waals surface area contributed by atoms with Crippen LogP contribution in [0.2, 0.25) is 0 Å². The second-order valence-electron chi connectivity index (χ2n) is 12.5. The molecule has 2 aromatic carbocycles. The quantitative estimate of drug-likeness (QED) is 0.208. The molecule has 3 aromatic rings. The zero-order valence-corrected chi connectivity index (χ0v) is 25.2. The number of carbonyl (C=O) groups excluding carboxylic acids is 1. The highest BCUT2D eigenvalue weighted by Gasteiger charge is 2.31. The van der Waals surface area contributed by atoms with Crippen LogP contribution < -0.4 is 5.32 Å². The van der Waals surface area contributed by atoms with Crippen LogP contribution in [0.15, 0.2) is 66.9 Å². The lowest BCUT2D eigenvalue weighted by Crippen LogP contribution is -2.36. The number of nitrogens with zero attached hydrogens (tertiary/aromatic N) is 2. The van der Waals surface area contributed by atoms with Crippen molar-refractivity contribution >= 4 is 12.1 Å². The van der Waals surface area contributed by atoms with Gasteiger partial charge < -0.3 is 24.5 Å². The predicted octanol–water partition coefficient (Wildman–Crippen LogP) is 7.60. The number of aromatic nitrogens is 2. The molecule has 1 heterocycles. The van der Waals surface area contributed by atoms with Crippen LogP contribution in [0.5, 0.6) is 0 Å². The van der Waals surface area contributed by atoms with Crippen molar-refractivity contribution < 1.29 is 24.2 Å². The van der Waals surface area contributed by atoms with Crippen LogP contribution in [0.25, 0.3) is 11.3 Å². The van der Waals surface area contributed by atoms with Gasteiger partial charge in [0, 0.05) is 0 Å². The van der Waals surface area contributed by atoms with E-state index in [4.69, 9.17) is 14.5 Å². The van der Waals surface area contributed by atoms with Gasteiger partial charge in [0.15, 0.2) is 0 Å². The van der Waals surface area contributed by atoms with Gasteiger partial charge >= 0.3 is 12.1 Å². The summed E-state index contributed by atoms with van der Waals surface area (Å²) in [6, 6.07) is 19.4. The number of aliphatic carboxylic acids is 1. The van der Waals surface area contributed by atoms with Gasteiger partial charge in [-0.3, -0.25) is 4.79 Å². The maximum atomic E-state index is 12.9. The lowest BCUT2D eigenvalue weighted by atomic mass is 9.78. The molecule has 0 radical (unpaired) electrons. The van der Waals surface area contributed by atoms with E-state index in [0.29, 0.717) is 38.1 Å². The van der Waals surface area contributed by atoms with Gasteiger partial charge in [-0.15, -0.1) is 0 Å². The van der Waals surface area contributed by atoms with Crippen LogP contribution in [0.1, 0.15) is 84.7 Å². The first-order chi connectivity index (χ1) is 19.3. The number of amides is 1. The summed E-state index contributed by atoms with van der Waals surface area (Å²) in [6.45, 7) is 12.0. The predicted molar refractivity (Wildman–Crippen MR) is 160 cm³/mol. The summed E-state index contributed by atoms with van der Waals surface area (Å²) >= 11 is 0.